The van der Waals surface area contributed by atoms with Crippen molar-refractivity contribution in [3.05, 3.63) is 47.5 Å². The molecule has 3 saturated heterocycles. The van der Waals surface area contributed by atoms with Crippen LogP contribution in [-0.2, 0) is 20.0 Å². The van der Waals surface area contributed by atoms with Gasteiger partial charge in [-0.2, -0.15) is 0 Å². The van der Waals surface area contributed by atoms with E-state index < -0.39 is 5.72 Å². The van der Waals surface area contributed by atoms with Crippen molar-refractivity contribution in [2.75, 3.05) is 6.61 Å². The van der Waals surface area contributed by atoms with Crippen LogP contribution in [0.5, 0.6) is 0 Å². The highest BCUT2D eigenvalue weighted by atomic mass is 16.5. The molecule has 1 aromatic rings. The minimum atomic E-state index is -0.598. The summed E-state index contributed by atoms with van der Waals surface area (Å²) in [6, 6.07) is 8.77. The lowest BCUT2D eigenvalue weighted by Crippen LogP contribution is -2.62. The van der Waals surface area contributed by atoms with Gasteiger partial charge in [-0.15, -0.1) is 0 Å². The molecule has 4 heterocycles. The summed E-state index contributed by atoms with van der Waals surface area (Å²) in [5, 5.41) is 0. The first-order chi connectivity index (χ1) is 12.7. The Bertz CT molecular complexity index is 787. The summed E-state index contributed by atoms with van der Waals surface area (Å²) in [7, 11) is 0. The van der Waals surface area contributed by atoms with Crippen molar-refractivity contribution in [2.45, 2.75) is 56.6 Å². The van der Waals surface area contributed by atoms with Crippen LogP contribution in [0.3, 0.4) is 0 Å². The number of carbonyl (C=O) groups is 1. The number of amides is 1. The first kappa shape index (κ1) is 15.4. The van der Waals surface area contributed by atoms with Gasteiger partial charge in [-0.3, -0.25) is 4.79 Å². The van der Waals surface area contributed by atoms with E-state index in [9.17, 15) is 4.79 Å². The molecule has 7 atom stereocenters. The van der Waals surface area contributed by atoms with Crippen LogP contribution in [-0.4, -0.2) is 35.7 Å². The van der Waals surface area contributed by atoms with Crippen molar-refractivity contribution in [1.82, 2.24) is 4.90 Å². The van der Waals surface area contributed by atoms with Gasteiger partial charge in [-0.05, 0) is 19.8 Å². The molecule has 4 aliphatic heterocycles. The second kappa shape index (κ2) is 5.20. The molecule has 6 rings (SSSR count). The van der Waals surface area contributed by atoms with E-state index in [1.807, 2.05) is 0 Å². The summed E-state index contributed by atoms with van der Waals surface area (Å²) in [6.07, 6.45) is 8.87. The summed E-state index contributed by atoms with van der Waals surface area (Å²) < 4.78 is 12.9. The van der Waals surface area contributed by atoms with Gasteiger partial charge in [0.1, 0.15) is 0 Å². The zero-order chi connectivity index (χ0) is 17.5. The zero-order valence-corrected chi connectivity index (χ0v) is 15.1. The fourth-order valence-electron chi connectivity index (χ4n) is 6.31. The molecule has 0 unspecified atom stereocenters. The molecular formula is C22H25NO3. The standard InChI is InChI=1S/C22H25NO3/c1-13-6-8-14(9-7-13)22-17-5-3-2-4-15(17)21(24)23(22)20-16(12-25-22)18-10-11-19(20)26-18/h6-11,15-20H,2-5,12H2,1H3/t15-,16+,17-,18+,19-,20+,22+/m0/s1. The van der Waals surface area contributed by atoms with E-state index in [4.69, 9.17) is 9.47 Å². The Morgan fingerprint density at radius 3 is 2.69 bits per heavy atom. The first-order valence-corrected chi connectivity index (χ1v) is 10.1. The molecule has 2 bridgehead atoms. The zero-order valence-electron chi connectivity index (χ0n) is 15.1. The van der Waals surface area contributed by atoms with Crippen molar-refractivity contribution in [1.29, 1.82) is 0 Å². The van der Waals surface area contributed by atoms with Crippen molar-refractivity contribution in [3.8, 4) is 0 Å². The van der Waals surface area contributed by atoms with Crippen LogP contribution in [0, 0.1) is 24.7 Å². The predicted molar refractivity (Wildman–Crippen MR) is 96.2 cm³/mol. The normalized spacial score (nSPS) is 45.6. The van der Waals surface area contributed by atoms with E-state index in [2.05, 4.69) is 48.2 Å². The average Bonchev–Trinajstić information content (AvgIpc) is 3.35. The summed E-state index contributed by atoms with van der Waals surface area (Å²) in [6.45, 7) is 2.78. The predicted octanol–water partition coefficient (Wildman–Crippen LogP) is 3.15. The number of rotatable bonds is 1. The maximum Gasteiger partial charge on any atom is 0.229 e. The van der Waals surface area contributed by atoms with Crippen LogP contribution in [0.4, 0.5) is 0 Å². The van der Waals surface area contributed by atoms with E-state index in [1.165, 1.54) is 12.0 Å². The number of aryl methyl sites for hydroxylation is 1. The van der Waals surface area contributed by atoms with E-state index in [0.29, 0.717) is 12.5 Å². The van der Waals surface area contributed by atoms with Gasteiger partial charge in [0, 0.05) is 23.3 Å². The second-order valence-corrected chi connectivity index (χ2v) is 8.68. The maximum absolute atomic E-state index is 13.6. The SMILES string of the molecule is Cc1ccc([C@]23OC[C@H]4[C@H]([C@@H]5C=C[C@H]4O5)N2C(=O)[C@H]2CCCC[C@@H]23)cc1. The van der Waals surface area contributed by atoms with Gasteiger partial charge in [0.15, 0.2) is 5.72 Å². The van der Waals surface area contributed by atoms with Gasteiger partial charge >= 0.3 is 0 Å². The molecule has 4 nitrogen and oxygen atoms in total. The number of hydrogen-bond donors (Lipinski definition) is 0. The van der Waals surface area contributed by atoms with Gasteiger partial charge in [0.2, 0.25) is 5.91 Å². The van der Waals surface area contributed by atoms with E-state index in [1.54, 1.807) is 0 Å². The highest BCUT2D eigenvalue weighted by Crippen LogP contribution is 2.59. The topological polar surface area (TPSA) is 38.8 Å². The lowest BCUT2D eigenvalue weighted by Gasteiger charge is -2.52. The highest BCUT2D eigenvalue weighted by molar-refractivity contribution is 5.84. The van der Waals surface area contributed by atoms with Gasteiger partial charge in [0.05, 0.1) is 24.9 Å². The molecule has 4 heteroatoms. The fourth-order valence-corrected chi connectivity index (χ4v) is 6.31. The average molecular weight is 351 g/mol. The lowest BCUT2D eigenvalue weighted by atomic mass is 9.73. The van der Waals surface area contributed by atoms with E-state index in [0.717, 1.165) is 24.8 Å². The Kier molecular flexibility index (Phi) is 3.08. The van der Waals surface area contributed by atoms with Crippen LogP contribution in [0.15, 0.2) is 36.4 Å². The number of nitrogens with zero attached hydrogens (tertiary/aromatic N) is 1. The molecular weight excluding hydrogens is 326 g/mol. The summed E-state index contributed by atoms with van der Waals surface area (Å²) in [5.41, 5.74) is 1.79. The number of ether oxygens (including phenoxy) is 2. The molecule has 1 aliphatic carbocycles. The van der Waals surface area contributed by atoms with E-state index >= 15 is 0 Å². The minimum absolute atomic E-state index is 0.0304. The molecule has 1 saturated carbocycles. The van der Waals surface area contributed by atoms with Crippen LogP contribution >= 0.6 is 0 Å². The maximum atomic E-state index is 13.6. The summed E-state index contributed by atoms with van der Waals surface area (Å²) >= 11 is 0. The van der Waals surface area contributed by atoms with Crippen molar-refractivity contribution in [3.63, 3.8) is 0 Å². The van der Waals surface area contributed by atoms with Crippen LogP contribution in [0.2, 0.25) is 0 Å². The molecule has 0 spiro atoms. The molecule has 26 heavy (non-hydrogen) atoms. The molecule has 0 aromatic heterocycles. The Morgan fingerprint density at radius 2 is 1.85 bits per heavy atom. The van der Waals surface area contributed by atoms with E-state index in [-0.39, 0.29) is 36.0 Å². The molecule has 0 radical (unpaired) electrons. The minimum Gasteiger partial charge on any atom is -0.364 e. The van der Waals surface area contributed by atoms with Crippen LogP contribution in [0.1, 0.15) is 36.8 Å². The van der Waals surface area contributed by atoms with Crippen molar-refractivity contribution < 1.29 is 14.3 Å². The lowest BCUT2D eigenvalue weighted by molar-refractivity contribution is -0.233. The monoisotopic (exact) mass is 351 g/mol. The number of hydrogen-bond acceptors (Lipinski definition) is 3. The molecule has 1 amide bonds. The van der Waals surface area contributed by atoms with Crippen LogP contribution < -0.4 is 0 Å². The quantitative estimate of drug-likeness (QED) is 0.730. The number of carbonyl (C=O) groups excluding carboxylic acids is 1. The third kappa shape index (κ3) is 1.75. The van der Waals surface area contributed by atoms with Crippen molar-refractivity contribution >= 4 is 5.91 Å². The third-order valence-electron chi connectivity index (χ3n) is 7.44. The Hall–Kier alpha value is -1.65. The van der Waals surface area contributed by atoms with Gasteiger partial charge < -0.3 is 14.4 Å². The van der Waals surface area contributed by atoms with Crippen molar-refractivity contribution in [2.24, 2.45) is 17.8 Å². The Morgan fingerprint density at radius 1 is 1.08 bits per heavy atom. The third-order valence-corrected chi connectivity index (χ3v) is 7.44. The summed E-state index contributed by atoms with van der Waals surface area (Å²) in [4.78, 5) is 15.7. The molecule has 0 N–H and O–H groups in total. The molecule has 1 aromatic carbocycles. The summed E-state index contributed by atoms with van der Waals surface area (Å²) in [5.74, 6) is 0.935. The fraction of sp³-hybridized carbons (Fsp3) is 0.591. The largest absolute Gasteiger partial charge is 0.364 e. The van der Waals surface area contributed by atoms with Crippen LogP contribution in [0.25, 0.3) is 0 Å². The second-order valence-electron chi connectivity index (χ2n) is 8.68. The smallest absolute Gasteiger partial charge is 0.229 e. The molecule has 4 fully saturated rings. The van der Waals surface area contributed by atoms with Gasteiger partial charge in [0.25, 0.3) is 0 Å². The number of fused-ring (bicyclic) bond motifs is 9. The Labute approximate surface area is 154 Å². The van der Waals surface area contributed by atoms with Gasteiger partial charge in [-0.25, -0.2) is 0 Å². The number of benzene rings is 1. The Balaban J connectivity index is 1.53. The molecule has 5 aliphatic rings. The highest BCUT2D eigenvalue weighted by Gasteiger charge is 2.68. The molecule has 136 valence electrons. The van der Waals surface area contributed by atoms with Gasteiger partial charge in [-0.1, -0.05) is 54.8 Å². The first-order valence-electron chi connectivity index (χ1n) is 10.1.